The fourth-order valence-electron chi connectivity index (χ4n) is 1.64. The van der Waals surface area contributed by atoms with Crippen molar-refractivity contribution in [2.24, 2.45) is 0 Å². The highest BCUT2D eigenvalue weighted by Crippen LogP contribution is 2.06. The second-order valence-electron chi connectivity index (χ2n) is 3.93. The van der Waals surface area contributed by atoms with Crippen LogP contribution >= 0.6 is 0 Å². The van der Waals surface area contributed by atoms with Crippen LogP contribution in [0.4, 0.5) is 5.82 Å². The molecule has 2 heterocycles. The van der Waals surface area contributed by atoms with Gasteiger partial charge >= 0.3 is 0 Å². The number of amides is 2. The number of nitrogens with one attached hydrogen (secondary N) is 2. The highest BCUT2D eigenvalue weighted by Gasteiger charge is 2.18. The SMILES string of the molecule is Cc1cc(NC(=O)CN2CCNC(=O)C2)no1. The van der Waals surface area contributed by atoms with Crippen molar-refractivity contribution in [3.63, 3.8) is 0 Å². The smallest absolute Gasteiger partial charge is 0.239 e. The number of hydrogen-bond donors (Lipinski definition) is 2. The van der Waals surface area contributed by atoms with Crippen molar-refractivity contribution in [1.29, 1.82) is 0 Å². The molecular formula is C10H14N4O3. The number of aryl methyl sites for hydroxylation is 1. The third-order valence-electron chi connectivity index (χ3n) is 2.38. The molecule has 92 valence electrons. The van der Waals surface area contributed by atoms with E-state index < -0.39 is 0 Å². The van der Waals surface area contributed by atoms with E-state index in [1.807, 2.05) is 0 Å². The largest absolute Gasteiger partial charge is 0.360 e. The molecule has 1 aromatic rings. The Labute approximate surface area is 98.1 Å². The molecule has 2 rings (SSSR count). The van der Waals surface area contributed by atoms with Crippen LogP contribution in [-0.4, -0.2) is 48.0 Å². The Balaban J connectivity index is 1.82. The Morgan fingerprint density at radius 2 is 2.53 bits per heavy atom. The van der Waals surface area contributed by atoms with Crippen LogP contribution in [0.3, 0.4) is 0 Å². The van der Waals surface area contributed by atoms with Crippen LogP contribution in [0.5, 0.6) is 0 Å². The Morgan fingerprint density at radius 3 is 3.18 bits per heavy atom. The predicted octanol–water partition coefficient (Wildman–Crippen LogP) is -0.647. The van der Waals surface area contributed by atoms with E-state index >= 15 is 0 Å². The molecule has 1 aliphatic heterocycles. The van der Waals surface area contributed by atoms with E-state index in [0.29, 0.717) is 24.7 Å². The van der Waals surface area contributed by atoms with Crippen molar-refractivity contribution < 1.29 is 14.1 Å². The summed E-state index contributed by atoms with van der Waals surface area (Å²) in [6, 6.07) is 1.64. The molecule has 2 N–H and O–H groups in total. The maximum atomic E-state index is 11.6. The summed E-state index contributed by atoms with van der Waals surface area (Å²) in [7, 11) is 0. The van der Waals surface area contributed by atoms with Gasteiger partial charge in [0.05, 0.1) is 13.1 Å². The normalized spacial score (nSPS) is 16.6. The number of hydrogen-bond acceptors (Lipinski definition) is 5. The first kappa shape index (κ1) is 11.6. The van der Waals surface area contributed by atoms with E-state index in [0.717, 1.165) is 0 Å². The fraction of sp³-hybridized carbons (Fsp3) is 0.500. The molecule has 7 heteroatoms. The minimum absolute atomic E-state index is 0.0543. The molecule has 1 saturated heterocycles. The summed E-state index contributed by atoms with van der Waals surface area (Å²) >= 11 is 0. The highest BCUT2D eigenvalue weighted by atomic mass is 16.5. The summed E-state index contributed by atoms with van der Waals surface area (Å²) in [4.78, 5) is 24.5. The lowest BCUT2D eigenvalue weighted by Crippen LogP contribution is -2.49. The highest BCUT2D eigenvalue weighted by molar-refractivity contribution is 5.91. The van der Waals surface area contributed by atoms with Gasteiger partial charge in [0.15, 0.2) is 5.82 Å². The average Bonchev–Trinajstić information content (AvgIpc) is 2.63. The van der Waals surface area contributed by atoms with Crippen LogP contribution in [0.2, 0.25) is 0 Å². The summed E-state index contributed by atoms with van der Waals surface area (Å²) in [6.07, 6.45) is 0. The number of carbonyl (C=O) groups is 2. The van der Waals surface area contributed by atoms with Crippen molar-refractivity contribution in [3.05, 3.63) is 11.8 Å². The van der Waals surface area contributed by atoms with E-state index in [1.54, 1.807) is 17.9 Å². The van der Waals surface area contributed by atoms with E-state index in [2.05, 4.69) is 15.8 Å². The van der Waals surface area contributed by atoms with Gasteiger partial charge in [-0.25, -0.2) is 0 Å². The van der Waals surface area contributed by atoms with E-state index in [9.17, 15) is 9.59 Å². The second kappa shape index (κ2) is 4.96. The maximum absolute atomic E-state index is 11.6. The summed E-state index contributed by atoms with van der Waals surface area (Å²) < 4.78 is 4.83. The van der Waals surface area contributed by atoms with Crippen molar-refractivity contribution in [2.45, 2.75) is 6.92 Å². The van der Waals surface area contributed by atoms with Crippen LogP contribution in [0, 0.1) is 6.92 Å². The number of aromatic nitrogens is 1. The number of anilines is 1. The molecule has 0 aromatic carbocycles. The lowest BCUT2D eigenvalue weighted by atomic mass is 10.3. The molecule has 1 aliphatic rings. The molecule has 17 heavy (non-hydrogen) atoms. The van der Waals surface area contributed by atoms with Gasteiger partial charge in [-0.15, -0.1) is 0 Å². The quantitative estimate of drug-likeness (QED) is 0.731. The minimum Gasteiger partial charge on any atom is -0.360 e. The molecule has 0 radical (unpaired) electrons. The summed E-state index contributed by atoms with van der Waals surface area (Å²) in [5, 5.41) is 8.97. The lowest BCUT2D eigenvalue weighted by Gasteiger charge is -2.25. The average molecular weight is 238 g/mol. The molecule has 0 spiro atoms. The number of nitrogens with zero attached hydrogens (tertiary/aromatic N) is 2. The van der Waals surface area contributed by atoms with Crippen LogP contribution in [0.1, 0.15) is 5.76 Å². The van der Waals surface area contributed by atoms with Gasteiger partial charge in [-0.2, -0.15) is 0 Å². The number of carbonyl (C=O) groups excluding carboxylic acids is 2. The maximum Gasteiger partial charge on any atom is 0.239 e. The molecule has 1 fully saturated rings. The molecule has 2 amide bonds. The Hall–Kier alpha value is -1.89. The van der Waals surface area contributed by atoms with Crippen LogP contribution in [0.25, 0.3) is 0 Å². The molecule has 0 bridgehead atoms. The van der Waals surface area contributed by atoms with Gasteiger partial charge < -0.3 is 15.2 Å². The van der Waals surface area contributed by atoms with Crippen molar-refractivity contribution >= 4 is 17.6 Å². The van der Waals surface area contributed by atoms with Crippen molar-refractivity contribution in [3.8, 4) is 0 Å². The Morgan fingerprint density at radius 1 is 1.71 bits per heavy atom. The summed E-state index contributed by atoms with van der Waals surface area (Å²) in [5.74, 6) is 0.779. The molecule has 0 atom stereocenters. The standard InChI is InChI=1S/C10H14N4O3/c1-7-4-8(13-17-7)12-10(16)6-14-3-2-11-9(15)5-14/h4H,2-3,5-6H2,1H3,(H,11,15)(H,12,13,16). The molecule has 0 aliphatic carbocycles. The second-order valence-corrected chi connectivity index (χ2v) is 3.93. The first-order valence-electron chi connectivity index (χ1n) is 5.36. The summed E-state index contributed by atoms with van der Waals surface area (Å²) in [6.45, 7) is 3.44. The monoisotopic (exact) mass is 238 g/mol. The predicted molar refractivity (Wildman–Crippen MR) is 59.3 cm³/mol. The fourth-order valence-corrected chi connectivity index (χ4v) is 1.64. The molecule has 1 aromatic heterocycles. The van der Waals surface area contributed by atoms with Crippen LogP contribution < -0.4 is 10.6 Å². The van der Waals surface area contributed by atoms with Crippen molar-refractivity contribution in [2.75, 3.05) is 31.5 Å². The number of piperazine rings is 1. The Bertz CT molecular complexity index is 429. The first-order chi connectivity index (χ1) is 8.13. The number of rotatable bonds is 3. The zero-order valence-electron chi connectivity index (χ0n) is 9.52. The van der Waals surface area contributed by atoms with Gasteiger partial charge in [0, 0.05) is 19.2 Å². The van der Waals surface area contributed by atoms with Crippen molar-refractivity contribution in [1.82, 2.24) is 15.4 Å². The summed E-state index contributed by atoms with van der Waals surface area (Å²) in [5.41, 5.74) is 0. The van der Waals surface area contributed by atoms with Gasteiger partial charge in [0.25, 0.3) is 0 Å². The minimum atomic E-state index is -0.201. The van der Waals surface area contributed by atoms with Crippen LogP contribution in [-0.2, 0) is 9.59 Å². The topological polar surface area (TPSA) is 87.5 Å². The Kier molecular flexibility index (Phi) is 3.38. The zero-order chi connectivity index (χ0) is 12.3. The van der Waals surface area contributed by atoms with Gasteiger partial charge in [-0.1, -0.05) is 5.16 Å². The zero-order valence-corrected chi connectivity index (χ0v) is 9.52. The molecule has 0 saturated carbocycles. The van der Waals surface area contributed by atoms with Crippen LogP contribution in [0.15, 0.2) is 10.6 Å². The van der Waals surface area contributed by atoms with E-state index in [4.69, 9.17) is 4.52 Å². The van der Waals surface area contributed by atoms with Gasteiger partial charge in [-0.3, -0.25) is 14.5 Å². The third kappa shape index (κ3) is 3.28. The van der Waals surface area contributed by atoms with Gasteiger partial charge in [0.2, 0.25) is 11.8 Å². The lowest BCUT2D eigenvalue weighted by molar-refractivity contribution is -0.125. The van der Waals surface area contributed by atoms with E-state index in [-0.39, 0.29) is 24.9 Å². The third-order valence-corrected chi connectivity index (χ3v) is 2.38. The molecular weight excluding hydrogens is 224 g/mol. The molecule has 7 nitrogen and oxygen atoms in total. The van der Waals surface area contributed by atoms with E-state index in [1.165, 1.54) is 0 Å². The van der Waals surface area contributed by atoms with Gasteiger partial charge in [0.1, 0.15) is 5.76 Å². The first-order valence-corrected chi connectivity index (χ1v) is 5.36. The molecule has 0 unspecified atom stereocenters. The van der Waals surface area contributed by atoms with Gasteiger partial charge in [-0.05, 0) is 6.92 Å².